The number of nitrogens with two attached hydrogens (primary N) is 1. The van der Waals surface area contributed by atoms with Crippen molar-refractivity contribution in [3.05, 3.63) is 18.2 Å². The number of aryl methyl sites for hydroxylation is 1. The number of benzene rings is 1. The summed E-state index contributed by atoms with van der Waals surface area (Å²) in [5.41, 5.74) is 7.44. The highest BCUT2D eigenvalue weighted by molar-refractivity contribution is 5.72. The molecule has 2 N–H and O–H groups in total. The van der Waals surface area contributed by atoms with E-state index in [9.17, 15) is 0 Å². The molecule has 0 spiro atoms. The van der Waals surface area contributed by atoms with Crippen LogP contribution in [-0.4, -0.2) is 41.0 Å². The summed E-state index contributed by atoms with van der Waals surface area (Å²) >= 11 is 0. The summed E-state index contributed by atoms with van der Waals surface area (Å²) < 4.78 is 12.0. The van der Waals surface area contributed by atoms with E-state index in [1.165, 1.54) is 0 Å². The smallest absolute Gasteiger partial charge is 0.184 e. The normalized spacial score (nSPS) is 10.8. The highest BCUT2D eigenvalue weighted by Crippen LogP contribution is 2.28. The van der Waals surface area contributed by atoms with E-state index in [0.717, 1.165) is 43.7 Å². The van der Waals surface area contributed by atoms with E-state index in [1.54, 1.807) is 25.0 Å². The first kappa shape index (κ1) is 15.2. The summed E-state index contributed by atoms with van der Waals surface area (Å²) in [6, 6.07) is 5.46. The molecule has 0 aliphatic heterocycles. The zero-order valence-corrected chi connectivity index (χ0v) is 12.5. The van der Waals surface area contributed by atoms with E-state index in [2.05, 4.69) is 15.5 Å². The number of nitrogens with zero attached hydrogens (tertiary/aromatic N) is 4. The molecule has 0 saturated heterocycles. The van der Waals surface area contributed by atoms with Crippen LogP contribution in [0.5, 0.6) is 5.75 Å². The lowest BCUT2D eigenvalue weighted by Gasteiger charge is -2.08. The van der Waals surface area contributed by atoms with Gasteiger partial charge in [0.05, 0.1) is 7.11 Å². The second-order valence-electron chi connectivity index (χ2n) is 4.73. The van der Waals surface area contributed by atoms with E-state index >= 15 is 0 Å². The number of ether oxygens (including phenoxy) is 2. The molecule has 0 amide bonds. The maximum atomic E-state index is 6.02. The van der Waals surface area contributed by atoms with Crippen molar-refractivity contribution in [3.63, 3.8) is 0 Å². The molecule has 1 aromatic carbocycles. The monoisotopic (exact) mass is 291 g/mol. The van der Waals surface area contributed by atoms with Gasteiger partial charge in [-0.1, -0.05) is 0 Å². The van der Waals surface area contributed by atoms with Crippen LogP contribution in [-0.2, 0) is 11.3 Å². The van der Waals surface area contributed by atoms with Crippen molar-refractivity contribution in [2.24, 2.45) is 0 Å². The Morgan fingerprint density at radius 2 is 2.05 bits per heavy atom. The Bertz CT molecular complexity index is 570. The number of aromatic nitrogens is 4. The molecule has 0 atom stereocenters. The lowest BCUT2D eigenvalue weighted by molar-refractivity contribution is 0.191. The molecule has 7 heteroatoms. The minimum atomic E-state index is 0.631. The van der Waals surface area contributed by atoms with Crippen molar-refractivity contribution in [1.29, 1.82) is 0 Å². The second kappa shape index (κ2) is 7.58. The third kappa shape index (κ3) is 3.91. The van der Waals surface area contributed by atoms with Crippen molar-refractivity contribution < 1.29 is 9.47 Å². The van der Waals surface area contributed by atoms with E-state index in [0.29, 0.717) is 11.5 Å². The number of hydrogen-bond acceptors (Lipinski definition) is 6. The molecule has 0 radical (unpaired) electrons. The fourth-order valence-electron chi connectivity index (χ4n) is 2.09. The van der Waals surface area contributed by atoms with Crippen molar-refractivity contribution in [2.75, 3.05) is 26.6 Å². The molecule has 21 heavy (non-hydrogen) atoms. The van der Waals surface area contributed by atoms with Crippen molar-refractivity contribution >= 4 is 5.69 Å². The van der Waals surface area contributed by atoms with Crippen LogP contribution in [0.4, 0.5) is 5.69 Å². The number of rotatable bonds is 8. The molecule has 1 heterocycles. The molecule has 0 fully saturated rings. The van der Waals surface area contributed by atoms with Crippen molar-refractivity contribution in [2.45, 2.75) is 25.8 Å². The van der Waals surface area contributed by atoms with E-state index < -0.39 is 0 Å². The first-order valence-electron chi connectivity index (χ1n) is 6.95. The number of anilines is 1. The zero-order chi connectivity index (χ0) is 15.1. The molecule has 0 saturated carbocycles. The number of tetrazole rings is 1. The van der Waals surface area contributed by atoms with E-state index in [1.807, 2.05) is 12.1 Å². The first-order valence-corrected chi connectivity index (χ1v) is 6.95. The topological polar surface area (TPSA) is 88.1 Å². The summed E-state index contributed by atoms with van der Waals surface area (Å²) in [7, 11) is 3.33. The molecular weight excluding hydrogens is 270 g/mol. The van der Waals surface area contributed by atoms with Gasteiger partial charge in [-0.05, 0) is 47.9 Å². The quantitative estimate of drug-likeness (QED) is 0.589. The van der Waals surface area contributed by atoms with E-state index in [4.69, 9.17) is 15.2 Å². The molecule has 2 aromatic rings. The van der Waals surface area contributed by atoms with Crippen LogP contribution < -0.4 is 10.5 Å². The Hall–Kier alpha value is -2.15. The summed E-state index contributed by atoms with van der Waals surface area (Å²) in [6.45, 7) is 1.54. The number of methoxy groups -OCH3 is 2. The van der Waals surface area contributed by atoms with Gasteiger partial charge in [-0.3, -0.25) is 0 Å². The van der Waals surface area contributed by atoms with Gasteiger partial charge in [-0.25, -0.2) is 4.68 Å². The number of unbranched alkanes of at least 4 members (excludes halogenated alkanes) is 2. The van der Waals surface area contributed by atoms with Crippen molar-refractivity contribution in [1.82, 2.24) is 20.2 Å². The largest absolute Gasteiger partial charge is 0.497 e. The van der Waals surface area contributed by atoms with E-state index in [-0.39, 0.29) is 0 Å². The van der Waals surface area contributed by atoms with Gasteiger partial charge in [-0.15, -0.1) is 5.10 Å². The van der Waals surface area contributed by atoms with Crippen molar-refractivity contribution in [3.8, 4) is 17.1 Å². The van der Waals surface area contributed by atoms with Crippen LogP contribution in [0.1, 0.15) is 19.3 Å². The minimum absolute atomic E-state index is 0.631. The van der Waals surface area contributed by atoms with Gasteiger partial charge in [0.2, 0.25) is 0 Å². The highest BCUT2D eigenvalue weighted by atomic mass is 16.5. The van der Waals surface area contributed by atoms with Crippen LogP contribution in [0.15, 0.2) is 18.2 Å². The van der Waals surface area contributed by atoms with Crippen LogP contribution in [0.25, 0.3) is 11.4 Å². The Balaban J connectivity index is 2.09. The molecule has 7 nitrogen and oxygen atoms in total. The lowest BCUT2D eigenvalue weighted by Crippen LogP contribution is -2.05. The summed E-state index contributed by atoms with van der Waals surface area (Å²) in [4.78, 5) is 0. The standard InChI is InChI=1S/C14H21N5O2/c1-20-9-5-3-4-8-19-14(16-17-18-19)12-10-11(21-2)6-7-13(12)15/h6-7,10H,3-5,8-9,15H2,1-2H3. The summed E-state index contributed by atoms with van der Waals surface area (Å²) in [5.74, 6) is 1.40. The Morgan fingerprint density at radius 3 is 2.81 bits per heavy atom. The first-order chi connectivity index (χ1) is 10.3. The third-order valence-electron chi connectivity index (χ3n) is 3.25. The molecule has 0 unspecified atom stereocenters. The second-order valence-corrected chi connectivity index (χ2v) is 4.73. The van der Waals surface area contributed by atoms with Gasteiger partial charge in [0.25, 0.3) is 0 Å². The summed E-state index contributed by atoms with van der Waals surface area (Å²) in [5, 5.41) is 11.9. The maximum absolute atomic E-state index is 6.02. The highest BCUT2D eigenvalue weighted by Gasteiger charge is 2.12. The number of nitrogen functional groups attached to an aromatic ring is 1. The maximum Gasteiger partial charge on any atom is 0.184 e. The van der Waals surface area contributed by atoms with Gasteiger partial charge >= 0.3 is 0 Å². The van der Waals surface area contributed by atoms with Gasteiger partial charge in [0.15, 0.2) is 5.82 Å². The van der Waals surface area contributed by atoms with Crippen LogP contribution in [0.3, 0.4) is 0 Å². The zero-order valence-electron chi connectivity index (χ0n) is 12.5. The predicted octanol–water partition coefficient (Wildman–Crippen LogP) is 1.75. The van der Waals surface area contributed by atoms with Gasteiger partial charge < -0.3 is 15.2 Å². The molecule has 1 aromatic heterocycles. The number of hydrogen-bond donors (Lipinski definition) is 1. The Morgan fingerprint density at radius 1 is 1.19 bits per heavy atom. The molecular formula is C14H21N5O2. The fraction of sp³-hybridized carbons (Fsp3) is 0.500. The van der Waals surface area contributed by atoms with Crippen LogP contribution in [0.2, 0.25) is 0 Å². The van der Waals surface area contributed by atoms with Gasteiger partial charge in [0, 0.05) is 31.5 Å². The molecule has 0 aliphatic carbocycles. The third-order valence-corrected chi connectivity index (χ3v) is 3.25. The predicted molar refractivity (Wildman–Crippen MR) is 79.9 cm³/mol. The van der Waals surface area contributed by atoms with Gasteiger partial charge in [-0.2, -0.15) is 0 Å². The SMILES string of the molecule is COCCCCCn1nnnc1-c1cc(OC)ccc1N. The Kier molecular flexibility index (Phi) is 5.51. The molecule has 0 aliphatic rings. The Labute approximate surface area is 124 Å². The molecule has 114 valence electrons. The fourth-order valence-corrected chi connectivity index (χ4v) is 2.09. The average Bonchev–Trinajstić information content (AvgIpc) is 2.96. The molecule has 2 rings (SSSR count). The molecule has 0 bridgehead atoms. The minimum Gasteiger partial charge on any atom is -0.497 e. The van der Waals surface area contributed by atoms with Crippen LogP contribution in [0, 0.1) is 0 Å². The summed E-state index contributed by atoms with van der Waals surface area (Å²) in [6.07, 6.45) is 3.10. The van der Waals surface area contributed by atoms with Gasteiger partial charge in [0.1, 0.15) is 5.75 Å². The van der Waals surface area contributed by atoms with Crippen LogP contribution >= 0.6 is 0 Å². The lowest BCUT2D eigenvalue weighted by atomic mass is 10.1. The average molecular weight is 291 g/mol.